The lowest BCUT2D eigenvalue weighted by Gasteiger charge is -1.95. The maximum Gasteiger partial charge on any atom is 0.136 e. The molecular formula is C18H10ClNO. The van der Waals surface area contributed by atoms with Crippen molar-refractivity contribution >= 4 is 55.3 Å². The summed E-state index contributed by atoms with van der Waals surface area (Å²) < 4.78 is 55.0. The summed E-state index contributed by atoms with van der Waals surface area (Å²) in [5.74, 6) is 0. The molecule has 0 saturated carbocycles. The van der Waals surface area contributed by atoms with Crippen molar-refractivity contribution in [3.63, 3.8) is 0 Å². The zero-order valence-corrected chi connectivity index (χ0v) is 11.3. The third-order valence-corrected chi connectivity index (χ3v) is 3.80. The fourth-order valence-corrected chi connectivity index (χ4v) is 2.89. The van der Waals surface area contributed by atoms with Crippen molar-refractivity contribution in [1.29, 1.82) is 0 Å². The molecule has 21 heavy (non-hydrogen) atoms. The van der Waals surface area contributed by atoms with Crippen molar-refractivity contribution in [3.8, 4) is 0 Å². The Morgan fingerprint density at radius 3 is 2.86 bits per heavy atom. The van der Waals surface area contributed by atoms with Crippen molar-refractivity contribution in [2.75, 3.05) is 0 Å². The van der Waals surface area contributed by atoms with E-state index in [-0.39, 0.29) is 52.4 Å². The van der Waals surface area contributed by atoms with Crippen molar-refractivity contribution in [2.24, 2.45) is 0 Å². The molecule has 0 amide bonds. The largest absolute Gasteiger partial charge is 0.456 e. The summed E-state index contributed by atoms with van der Waals surface area (Å²) in [7, 11) is 0. The first-order valence-corrected chi connectivity index (χ1v) is 6.71. The number of nitrogens with one attached hydrogen (secondary N) is 1. The molecule has 0 fully saturated rings. The normalized spacial score (nSPS) is 16.0. The van der Waals surface area contributed by atoms with E-state index in [1.807, 2.05) is 0 Å². The van der Waals surface area contributed by atoms with Gasteiger partial charge >= 0.3 is 0 Å². The topological polar surface area (TPSA) is 28.9 Å². The van der Waals surface area contributed by atoms with Gasteiger partial charge < -0.3 is 9.40 Å². The zero-order valence-electron chi connectivity index (χ0n) is 16.5. The molecule has 0 atom stereocenters. The second-order valence-corrected chi connectivity index (χ2v) is 5.19. The molecule has 5 aromatic rings. The average molecular weight is 298 g/mol. The molecule has 0 bridgehead atoms. The second kappa shape index (κ2) is 3.80. The van der Waals surface area contributed by atoms with Crippen molar-refractivity contribution in [2.45, 2.75) is 0 Å². The summed E-state index contributed by atoms with van der Waals surface area (Å²) in [5.41, 5.74) is 0.988. The molecule has 0 unspecified atom stereocenters. The van der Waals surface area contributed by atoms with Crippen LogP contribution < -0.4 is 0 Å². The highest BCUT2D eigenvalue weighted by Crippen LogP contribution is 2.38. The summed E-state index contributed by atoms with van der Waals surface area (Å²) in [4.78, 5) is 2.99. The van der Waals surface area contributed by atoms with Gasteiger partial charge in [0.2, 0.25) is 0 Å². The molecule has 2 aromatic heterocycles. The molecule has 0 aliphatic carbocycles. The van der Waals surface area contributed by atoms with Crippen molar-refractivity contribution in [3.05, 3.63) is 59.5 Å². The fraction of sp³-hybridized carbons (Fsp3) is 0. The van der Waals surface area contributed by atoms with E-state index in [2.05, 4.69) is 4.98 Å². The zero-order chi connectivity index (χ0) is 19.2. The Labute approximate surface area is 133 Å². The van der Waals surface area contributed by atoms with E-state index in [4.69, 9.17) is 24.2 Å². The minimum atomic E-state index is -0.157. The van der Waals surface area contributed by atoms with Crippen molar-refractivity contribution < 1.29 is 12.6 Å². The van der Waals surface area contributed by atoms with Crippen LogP contribution in [-0.2, 0) is 0 Å². The quantitative estimate of drug-likeness (QED) is 0.380. The first-order chi connectivity index (χ1) is 12.8. The van der Waals surface area contributed by atoms with Gasteiger partial charge in [-0.2, -0.15) is 0 Å². The number of H-pyrrole nitrogens is 1. The molecular weight excluding hydrogens is 282 g/mol. The predicted molar refractivity (Wildman–Crippen MR) is 88.1 cm³/mol. The van der Waals surface area contributed by atoms with Gasteiger partial charge in [-0.15, -0.1) is 0 Å². The van der Waals surface area contributed by atoms with Gasteiger partial charge in [0.25, 0.3) is 0 Å². The van der Waals surface area contributed by atoms with Gasteiger partial charge in [0.1, 0.15) is 11.2 Å². The minimum absolute atomic E-state index is 0.00909. The van der Waals surface area contributed by atoms with Gasteiger partial charge in [0.15, 0.2) is 0 Å². The Hall–Kier alpha value is -2.45. The Morgan fingerprint density at radius 2 is 1.90 bits per heavy atom. The van der Waals surface area contributed by atoms with Crippen LogP contribution in [0, 0.1) is 0 Å². The number of aromatic amines is 1. The van der Waals surface area contributed by atoms with Gasteiger partial charge in [0, 0.05) is 37.6 Å². The predicted octanol–water partition coefficient (Wildman–Crippen LogP) is 5.87. The first-order valence-electron chi connectivity index (χ1n) is 9.33. The Kier molecular flexibility index (Phi) is 1.27. The van der Waals surface area contributed by atoms with E-state index in [1.54, 1.807) is 0 Å². The van der Waals surface area contributed by atoms with E-state index in [9.17, 15) is 0 Å². The molecule has 2 nitrogen and oxygen atoms in total. The number of hydrogen-bond donors (Lipinski definition) is 1. The number of halogens is 1. The van der Waals surface area contributed by atoms with Crippen LogP contribution in [0.4, 0.5) is 0 Å². The molecule has 1 N–H and O–H groups in total. The van der Waals surface area contributed by atoms with E-state index >= 15 is 0 Å². The highest BCUT2D eigenvalue weighted by atomic mass is 35.5. The summed E-state index contributed by atoms with van der Waals surface area (Å²) in [6, 6.07) is 4.18. The van der Waals surface area contributed by atoms with Crippen LogP contribution in [0.15, 0.2) is 58.9 Å². The van der Waals surface area contributed by atoms with Crippen LogP contribution >= 0.6 is 11.6 Å². The van der Waals surface area contributed by atoms with E-state index in [1.165, 1.54) is 18.2 Å². The number of aromatic nitrogens is 1. The summed E-state index contributed by atoms with van der Waals surface area (Å²) in [6.07, 6.45) is 0. The lowest BCUT2D eigenvalue weighted by Crippen LogP contribution is -1.71. The minimum Gasteiger partial charge on any atom is -0.456 e. The first kappa shape index (κ1) is 7.01. The SMILES string of the molecule is [2H]c1cc([2H])c2oc3c([2H])c([2H])c4[nH]c5c([2H])cc(Cl)c([2H])c5c4c3c2c1. The van der Waals surface area contributed by atoms with E-state index in [0.29, 0.717) is 32.6 Å². The number of rotatable bonds is 0. The third-order valence-electron chi connectivity index (χ3n) is 3.60. The van der Waals surface area contributed by atoms with Crippen LogP contribution in [0.5, 0.6) is 0 Å². The smallest absolute Gasteiger partial charge is 0.136 e. The van der Waals surface area contributed by atoms with Gasteiger partial charge in [-0.05, 0) is 36.3 Å². The Morgan fingerprint density at radius 1 is 0.952 bits per heavy atom. The summed E-state index contributed by atoms with van der Waals surface area (Å²) in [5, 5.41) is 1.84. The number of hydrogen-bond acceptors (Lipinski definition) is 1. The molecule has 100 valence electrons. The summed E-state index contributed by atoms with van der Waals surface area (Å²) in [6.45, 7) is 0. The Bertz CT molecular complexity index is 1450. The number of para-hydroxylation sites is 1. The molecule has 2 heterocycles. The molecule has 0 aliphatic rings. The second-order valence-electron chi connectivity index (χ2n) is 4.79. The Balaban J connectivity index is 2.23. The maximum absolute atomic E-state index is 8.38. The standard InChI is InChI=1S/C18H10ClNO/c19-10-5-6-13-12(9-10)17-14(20-13)7-8-16-18(17)11-3-1-2-4-15(11)21-16/h1-9,20H/i1D,4D,6D,7D,8D,9D. The lowest BCUT2D eigenvalue weighted by atomic mass is 10.1. The summed E-state index contributed by atoms with van der Waals surface area (Å²) >= 11 is 6.13. The molecule has 0 aliphatic heterocycles. The van der Waals surface area contributed by atoms with Crippen LogP contribution in [-0.4, -0.2) is 4.98 Å². The monoisotopic (exact) mass is 297 g/mol. The van der Waals surface area contributed by atoms with Gasteiger partial charge in [-0.1, -0.05) is 29.8 Å². The highest BCUT2D eigenvalue weighted by molar-refractivity contribution is 6.33. The van der Waals surface area contributed by atoms with Gasteiger partial charge in [-0.25, -0.2) is 0 Å². The molecule has 5 rings (SSSR count). The molecule has 0 radical (unpaired) electrons. The van der Waals surface area contributed by atoms with Gasteiger partial charge in [-0.3, -0.25) is 0 Å². The molecule has 0 saturated heterocycles. The molecule has 3 aromatic carbocycles. The van der Waals surface area contributed by atoms with Crippen LogP contribution in [0.1, 0.15) is 8.22 Å². The van der Waals surface area contributed by atoms with E-state index in [0.717, 1.165) is 0 Å². The fourth-order valence-electron chi connectivity index (χ4n) is 2.74. The third kappa shape index (κ3) is 1.43. The highest BCUT2D eigenvalue weighted by Gasteiger charge is 2.14. The van der Waals surface area contributed by atoms with Crippen LogP contribution in [0.25, 0.3) is 43.7 Å². The van der Waals surface area contributed by atoms with Crippen molar-refractivity contribution in [1.82, 2.24) is 4.98 Å². The maximum atomic E-state index is 8.38. The molecule has 3 heteroatoms. The number of benzene rings is 3. The molecule has 0 spiro atoms. The lowest BCUT2D eigenvalue weighted by molar-refractivity contribution is 0.669. The number of fused-ring (bicyclic) bond motifs is 7. The van der Waals surface area contributed by atoms with Crippen LogP contribution in [0.3, 0.4) is 0 Å². The van der Waals surface area contributed by atoms with E-state index < -0.39 is 0 Å². The average Bonchev–Trinajstić information content (AvgIpc) is 3.17. The number of furan rings is 1. The van der Waals surface area contributed by atoms with Gasteiger partial charge in [0.05, 0.1) is 8.22 Å². The van der Waals surface area contributed by atoms with Crippen LogP contribution in [0.2, 0.25) is 5.02 Å².